The average molecular weight is 446 g/mol. The molecule has 9 nitrogen and oxygen atoms in total. The molecule has 1 aromatic carbocycles. The molecule has 0 fully saturated rings. The van der Waals surface area contributed by atoms with Gasteiger partial charge in [0, 0.05) is 32.4 Å². The van der Waals surface area contributed by atoms with Crippen LogP contribution in [0.5, 0.6) is 5.88 Å². The van der Waals surface area contributed by atoms with Gasteiger partial charge in [-0.05, 0) is 60.3 Å². The Hall–Kier alpha value is -2.43. The lowest BCUT2D eigenvalue weighted by Gasteiger charge is -2.16. The van der Waals surface area contributed by atoms with Crippen molar-refractivity contribution >= 4 is 21.6 Å². The Balaban J connectivity index is 1.46. The van der Waals surface area contributed by atoms with Crippen molar-refractivity contribution in [2.45, 2.75) is 50.0 Å². The SMILES string of the molecule is COC[C@@H]1Cc2cc3c(c(NC(=O)N=[S@@](N)(=O)c4cnn5c4OCCC5)c2C1)CCC3. The van der Waals surface area contributed by atoms with Crippen LogP contribution in [0.1, 0.15) is 35.1 Å². The molecule has 5 rings (SSSR count). The first kappa shape index (κ1) is 20.5. The lowest BCUT2D eigenvalue weighted by atomic mass is 9.99. The zero-order valence-corrected chi connectivity index (χ0v) is 18.4. The van der Waals surface area contributed by atoms with E-state index in [1.165, 1.54) is 17.3 Å². The minimum atomic E-state index is -3.49. The Morgan fingerprint density at radius 3 is 3.06 bits per heavy atom. The average Bonchev–Trinajstić information content (AvgIpc) is 3.45. The fourth-order valence-corrected chi connectivity index (χ4v) is 5.99. The summed E-state index contributed by atoms with van der Waals surface area (Å²) >= 11 is 0. The highest BCUT2D eigenvalue weighted by atomic mass is 32.2. The molecule has 0 saturated heterocycles. The summed E-state index contributed by atoms with van der Waals surface area (Å²) in [6, 6.07) is 1.57. The third-order valence-electron chi connectivity index (χ3n) is 6.28. The van der Waals surface area contributed by atoms with E-state index >= 15 is 0 Å². The van der Waals surface area contributed by atoms with Gasteiger partial charge in [0.05, 0.1) is 12.8 Å². The van der Waals surface area contributed by atoms with Crippen molar-refractivity contribution < 1.29 is 18.5 Å². The number of fused-ring (bicyclic) bond motifs is 3. The largest absolute Gasteiger partial charge is 0.477 e. The van der Waals surface area contributed by atoms with Crippen molar-refractivity contribution in [2.75, 3.05) is 25.6 Å². The predicted molar refractivity (Wildman–Crippen MR) is 116 cm³/mol. The maximum atomic E-state index is 13.1. The van der Waals surface area contributed by atoms with Crippen LogP contribution in [0, 0.1) is 5.92 Å². The van der Waals surface area contributed by atoms with Crippen molar-refractivity contribution in [3.05, 3.63) is 34.5 Å². The Morgan fingerprint density at radius 1 is 1.35 bits per heavy atom. The predicted octanol–water partition coefficient (Wildman–Crippen LogP) is 2.45. The van der Waals surface area contributed by atoms with Crippen LogP contribution in [0.15, 0.2) is 21.5 Å². The molecule has 3 N–H and O–H groups in total. The van der Waals surface area contributed by atoms with E-state index in [1.54, 1.807) is 11.8 Å². The first-order valence-corrected chi connectivity index (χ1v) is 12.2. The molecule has 2 aliphatic carbocycles. The quantitative estimate of drug-likeness (QED) is 0.749. The molecular formula is C21H27N5O4S. The van der Waals surface area contributed by atoms with Gasteiger partial charge in [0.25, 0.3) is 0 Å². The van der Waals surface area contributed by atoms with Crippen LogP contribution >= 0.6 is 0 Å². The highest BCUT2D eigenvalue weighted by Gasteiger charge is 2.30. The van der Waals surface area contributed by atoms with E-state index in [0.717, 1.165) is 55.3 Å². The molecule has 10 heteroatoms. The number of nitrogens with two attached hydrogens (primary N) is 1. The van der Waals surface area contributed by atoms with Gasteiger partial charge < -0.3 is 14.8 Å². The maximum Gasteiger partial charge on any atom is 0.354 e. The summed E-state index contributed by atoms with van der Waals surface area (Å²) in [6.45, 7) is 1.83. The Morgan fingerprint density at radius 2 is 2.23 bits per heavy atom. The number of aryl methyl sites for hydroxylation is 2. The molecule has 0 radical (unpaired) electrons. The Labute approximate surface area is 181 Å². The van der Waals surface area contributed by atoms with Gasteiger partial charge in [0.2, 0.25) is 5.88 Å². The van der Waals surface area contributed by atoms with Crippen molar-refractivity contribution in [3.8, 4) is 5.88 Å². The normalized spacial score (nSPS) is 20.9. The van der Waals surface area contributed by atoms with E-state index in [-0.39, 0.29) is 4.90 Å². The van der Waals surface area contributed by atoms with E-state index in [9.17, 15) is 9.00 Å². The molecule has 2 aromatic rings. The third kappa shape index (κ3) is 3.72. The molecule has 2 atom stereocenters. The summed E-state index contributed by atoms with van der Waals surface area (Å²) in [5.41, 5.74) is 5.65. The van der Waals surface area contributed by atoms with Crippen molar-refractivity contribution in [1.29, 1.82) is 0 Å². The fourth-order valence-electron chi connectivity index (χ4n) is 4.99. The summed E-state index contributed by atoms with van der Waals surface area (Å²) < 4.78 is 29.5. The highest BCUT2D eigenvalue weighted by molar-refractivity contribution is 7.91. The first-order chi connectivity index (χ1) is 15.0. The number of carbonyl (C=O) groups is 1. The number of anilines is 1. The number of hydrogen-bond donors (Lipinski definition) is 2. The first-order valence-electron chi connectivity index (χ1n) is 10.7. The zero-order valence-electron chi connectivity index (χ0n) is 17.6. The lowest BCUT2D eigenvalue weighted by Crippen LogP contribution is -2.21. The molecule has 0 spiro atoms. The van der Waals surface area contributed by atoms with Crippen LogP contribution in [0.2, 0.25) is 0 Å². The number of methoxy groups -OCH3 is 1. The van der Waals surface area contributed by atoms with Gasteiger partial charge in [-0.1, -0.05) is 6.07 Å². The Kier molecular flexibility index (Phi) is 5.23. The van der Waals surface area contributed by atoms with Crippen molar-refractivity contribution in [1.82, 2.24) is 9.78 Å². The van der Waals surface area contributed by atoms with Gasteiger partial charge >= 0.3 is 6.03 Å². The number of urea groups is 1. The smallest absolute Gasteiger partial charge is 0.354 e. The monoisotopic (exact) mass is 445 g/mol. The molecule has 1 aromatic heterocycles. The maximum absolute atomic E-state index is 13.1. The van der Waals surface area contributed by atoms with E-state index in [2.05, 4.69) is 20.8 Å². The molecule has 31 heavy (non-hydrogen) atoms. The van der Waals surface area contributed by atoms with Gasteiger partial charge in [-0.25, -0.2) is 18.8 Å². The summed E-state index contributed by atoms with van der Waals surface area (Å²) in [6.07, 6.45) is 6.95. The van der Waals surface area contributed by atoms with E-state index in [1.807, 2.05) is 0 Å². The number of amides is 2. The molecule has 2 amide bonds. The summed E-state index contributed by atoms with van der Waals surface area (Å²) in [7, 11) is -1.78. The number of carbonyl (C=O) groups excluding carboxylic acids is 1. The summed E-state index contributed by atoms with van der Waals surface area (Å²) in [4.78, 5) is 13.0. The molecule has 3 aliphatic rings. The van der Waals surface area contributed by atoms with E-state index in [0.29, 0.717) is 31.6 Å². The summed E-state index contributed by atoms with van der Waals surface area (Å²) in [5, 5.41) is 13.1. The number of nitrogens with one attached hydrogen (secondary N) is 1. The van der Waals surface area contributed by atoms with Crippen LogP contribution in [-0.2, 0) is 46.9 Å². The second kappa shape index (κ2) is 7.92. The van der Waals surface area contributed by atoms with Crippen LogP contribution < -0.4 is 15.2 Å². The molecular weight excluding hydrogens is 418 g/mol. The van der Waals surface area contributed by atoms with Gasteiger partial charge in [0.1, 0.15) is 4.90 Å². The van der Waals surface area contributed by atoms with Crippen molar-refractivity contribution in [3.63, 3.8) is 0 Å². The number of aromatic nitrogens is 2. The second-order valence-electron chi connectivity index (χ2n) is 8.44. The molecule has 0 bridgehead atoms. The van der Waals surface area contributed by atoms with Gasteiger partial charge in [-0.15, -0.1) is 4.36 Å². The van der Waals surface area contributed by atoms with Crippen LogP contribution in [0.25, 0.3) is 0 Å². The van der Waals surface area contributed by atoms with Gasteiger partial charge in [-0.3, -0.25) is 0 Å². The molecule has 0 unspecified atom stereocenters. The number of benzene rings is 1. The standard InChI is InChI=1S/C21H27N5O4S/c1-29-12-13-8-15-10-14-4-2-5-16(14)19(17(15)9-13)24-21(27)25-31(22,28)18-11-23-26-6-3-7-30-20(18)26/h10-11,13H,2-9,12H2,1H3,(H3,22,24,25,27,28)/t13-,31-/m1/s1. The molecule has 2 heterocycles. The van der Waals surface area contributed by atoms with Gasteiger partial charge in [-0.2, -0.15) is 5.10 Å². The molecule has 1 aliphatic heterocycles. The van der Waals surface area contributed by atoms with E-state index < -0.39 is 15.9 Å². The summed E-state index contributed by atoms with van der Waals surface area (Å²) in [5.74, 6) is 0.726. The minimum absolute atomic E-state index is 0.158. The van der Waals surface area contributed by atoms with Gasteiger partial charge in [0.15, 0.2) is 9.92 Å². The minimum Gasteiger partial charge on any atom is -0.477 e. The second-order valence-corrected chi connectivity index (χ2v) is 10.2. The fraction of sp³-hybridized carbons (Fsp3) is 0.524. The lowest BCUT2D eigenvalue weighted by molar-refractivity contribution is 0.156. The van der Waals surface area contributed by atoms with Crippen LogP contribution in [0.4, 0.5) is 10.5 Å². The third-order valence-corrected chi connectivity index (χ3v) is 7.63. The topological polar surface area (TPSA) is 121 Å². The van der Waals surface area contributed by atoms with Crippen LogP contribution in [-0.4, -0.2) is 40.3 Å². The molecule has 0 saturated carbocycles. The Bertz CT molecular complexity index is 1170. The number of hydrogen-bond acceptors (Lipinski definition) is 5. The van der Waals surface area contributed by atoms with Crippen molar-refractivity contribution in [2.24, 2.45) is 15.4 Å². The van der Waals surface area contributed by atoms with Crippen LogP contribution in [0.3, 0.4) is 0 Å². The number of rotatable bonds is 4. The van der Waals surface area contributed by atoms with E-state index in [4.69, 9.17) is 14.6 Å². The molecule has 166 valence electrons. The highest BCUT2D eigenvalue weighted by Crippen LogP contribution is 2.40. The number of nitrogens with zero attached hydrogens (tertiary/aromatic N) is 3. The zero-order chi connectivity index (χ0) is 21.6. The number of ether oxygens (including phenoxy) is 2.